The zero-order valence-electron chi connectivity index (χ0n) is 17.0. The van der Waals surface area contributed by atoms with Crippen LogP contribution in [-0.2, 0) is 24.2 Å². The second-order valence-corrected chi connectivity index (χ2v) is 8.47. The molecule has 3 aromatic rings. The molecule has 7 nitrogen and oxygen atoms in total. The molecule has 0 fully saturated rings. The highest BCUT2D eigenvalue weighted by Crippen LogP contribution is 2.27. The van der Waals surface area contributed by atoms with Crippen molar-refractivity contribution in [2.24, 2.45) is 0 Å². The van der Waals surface area contributed by atoms with E-state index in [0.717, 1.165) is 40.9 Å². The van der Waals surface area contributed by atoms with Gasteiger partial charge < -0.3 is 4.57 Å². The van der Waals surface area contributed by atoms with Crippen molar-refractivity contribution in [1.29, 1.82) is 0 Å². The van der Waals surface area contributed by atoms with Crippen molar-refractivity contribution in [3.63, 3.8) is 0 Å². The molecule has 1 N–H and O–H groups in total. The minimum atomic E-state index is -0.128. The van der Waals surface area contributed by atoms with Gasteiger partial charge in [-0.3, -0.25) is 10.1 Å². The van der Waals surface area contributed by atoms with Gasteiger partial charge in [0.05, 0.1) is 5.75 Å². The Kier molecular flexibility index (Phi) is 7.76. The lowest BCUT2D eigenvalue weighted by atomic mass is 10.1. The first-order valence-electron chi connectivity index (χ1n) is 9.92. The van der Waals surface area contributed by atoms with Crippen LogP contribution in [0.1, 0.15) is 45.0 Å². The first-order valence-corrected chi connectivity index (χ1v) is 11.7. The Morgan fingerprint density at radius 2 is 1.90 bits per heavy atom. The summed E-state index contributed by atoms with van der Waals surface area (Å²) in [6, 6.07) is 8.40. The summed E-state index contributed by atoms with van der Waals surface area (Å²) in [5, 5.41) is 21.6. The van der Waals surface area contributed by atoms with E-state index < -0.39 is 0 Å². The summed E-state index contributed by atoms with van der Waals surface area (Å²) < 4.78 is 2.03. The van der Waals surface area contributed by atoms with Gasteiger partial charge in [-0.2, -0.15) is 0 Å². The van der Waals surface area contributed by atoms with Crippen molar-refractivity contribution >= 4 is 34.1 Å². The van der Waals surface area contributed by atoms with Crippen LogP contribution >= 0.6 is 23.1 Å². The smallest absolute Gasteiger partial charge is 0.236 e. The minimum Gasteiger partial charge on any atom is -0.306 e. The summed E-state index contributed by atoms with van der Waals surface area (Å²) in [6.07, 6.45) is 4.30. The van der Waals surface area contributed by atoms with Gasteiger partial charge >= 0.3 is 0 Å². The zero-order valence-corrected chi connectivity index (χ0v) is 18.6. The second kappa shape index (κ2) is 10.5. The molecule has 154 valence electrons. The van der Waals surface area contributed by atoms with Crippen molar-refractivity contribution in [1.82, 2.24) is 25.0 Å². The molecule has 0 aliphatic carbocycles. The minimum absolute atomic E-state index is 0.128. The number of aryl methyl sites for hydroxylation is 2. The molecule has 2 heterocycles. The van der Waals surface area contributed by atoms with Gasteiger partial charge in [-0.15, -0.1) is 20.4 Å². The Morgan fingerprint density at radius 1 is 1.10 bits per heavy atom. The molecular weight excluding hydrogens is 404 g/mol. The topological polar surface area (TPSA) is 85.6 Å². The van der Waals surface area contributed by atoms with Crippen LogP contribution in [0, 0.1) is 0 Å². The summed E-state index contributed by atoms with van der Waals surface area (Å²) in [5.41, 5.74) is 2.34. The Labute approximate surface area is 179 Å². The van der Waals surface area contributed by atoms with E-state index in [-0.39, 0.29) is 11.7 Å². The van der Waals surface area contributed by atoms with Crippen molar-refractivity contribution in [2.75, 3.05) is 11.1 Å². The third-order valence-corrected chi connectivity index (χ3v) is 6.30. The van der Waals surface area contributed by atoms with Crippen LogP contribution in [0.3, 0.4) is 0 Å². The molecular formula is C20H26N6OS2. The molecule has 9 heteroatoms. The number of nitrogens with one attached hydrogen (secondary N) is 1. The number of amides is 1. The van der Waals surface area contributed by atoms with Gasteiger partial charge in [0.25, 0.3) is 0 Å². The molecule has 29 heavy (non-hydrogen) atoms. The van der Waals surface area contributed by atoms with Crippen LogP contribution in [-0.4, -0.2) is 36.6 Å². The van der Waals surface area contributed by atoms with Gasteiger partial charge in [0.15, 0.2) is 5.16 Å². The average Bonchev–Trinajstić information content (AvgIpc) is 3.37. The van der Waals surface area contributed by atoms with Crippen LogP contribution in [0.4, 0.5) is 5.13 Å². The van der Waals surface area contributed by atoms with E-state index in [9.17, 15) is 4.79 Å². The molecule has 0 unspecified atom stereocenters. The van der Waals surface area contributed by atoms with Crippen molar-refractivity contribution < 1.29 is 4.79 Å². The quantitative estimate of drug-likeness (QED) is 0.478. The van der Waals surface area contributed by atoms with E-state index >= 15 is 0 Å². The summed E-state index contributed by atoms with van der Waals surface area (Å²) in [7, 11) is 0. The lowest BCUT2D eigenvalue weighted by Crippen LogP contribution is -2.14. The average molecular weight is 431 g/mol. The van der Waals surface area contributed by atoms with Crippen molar-refractivity contribution in [2.45, 2.75) is 58.2 Å². The van der Waals surface area contributed by atoms with Gasteiger partial charge in [-0.25, -0.2) is 0 Å². The van der Waals surface area contributed by atoms with Crippen molar-refractivity contribution in [3.8, 4) is 10.6 Å². The van der Waals surface area contributed by atoms with Gasteiger partial charge in [-0.05, 0) is 25.3 Å². The lowest BCUT2D eigenvalue weighted by molar-refractivity contribution is -0.113. The highest BCUT2D eigenvalue weighted by molar-refractivity contribution is 7.99. The van der Waals surface area contributed by atoms with Crippen LogP contribution in [0.5, 0.6) is 0 Å². The molecule has 0 saturated heterocycles. The van der Waals surface area contributed by atoms with Crippen LogP contribution in [0.2, 0.25) is 0 Å². The Balaban J connectivity index is 1.55. The Morgan fingerprint density at radius 3 is 2.59 bits per heavy atom. The molecule has 0 bridgehead atoms. The Hall–Kier alpha value is -2.26. The number of unbranched alkanes of at least 4 members (excludes halogenated alkanes) is 1. The number of rotatable bonds is 10. The summed E-state index contributed by atoms with van der Waals surface area (Å²) >= 11 is 2.76. The standard InChI is InChI=1S/C20H26N6OS2/c1-4-7-8-14-9-11-15(12-10-14)18-23-24-19(29-18)21-17(27)13-28-20-25-22-16(5-2)26(20)6-3/h9-12H,4-8,13H2,1-3H3,(H,21,24,27). The van der Waals surface area contributed by atoms with Crippen LogP contribution in [0.25, 0.3) is 10.6 Å². The number of hydrogen-bond acceptors (Lipinski definition) is 7. The third kappa shape index (κ3) is 5.63. The number of anilines is 1. The molecule has 1 aromatic carbocycles. The highest BCUT2D eigenvalue weighted by atomic mass is 32.2. The Bertz CT molecular complexity index is 935. The number of thioether (sulfide) groups is 1. The van der Waals surface area contributed by atoms with Gasteiger partial charge in [0, 0.05) is 18.5 Å². The number of nitrogens with zero attached hydrogens (tertiary/aromatic N) is 5. The largest absolute Gasteiger partial charge is 0.306 e. The summed E-state index contributed by atoms with van der Waals surface area (Å²) in [6.45, 7) is 7.08. The van der Waals surface area contributed by atoms with E-state index in [1.165, 1.54) is 41.5 Å². The maximum atomic E-state index is 12.3. The number of aromatic nitrogens is 5. The fourth-order valence-electron chi connectivity index (χ4n) is 2.88. The van der Waals surface area contributed by atoms with E-state index in [4.69, 9.17) is 0 Å². The number of benzene rings is 1. The summed E-state index contributed by atoms with van der Waals surface area (Å²) in [5.74, 6) is 1.06. The third-order valence-electron chi connectivity index (χ3n) is 4.45. The monoisotopic (exact) mass is 430 g/mol. The fraction of sp³-hybridized carbons (Fsp3) is 0.450. The van der Waals surface area contributed by atoms with Crippen LogP contribution < -0.4 is 5.32 Å². The molecule has 0 spiro atoms. The maximum absolute atomic E-state index is 12.3. The number of hydrogen-bond donors (Lipinski definition) is 1. The van der Waals surface area contributed by atoms with E-state index in [0.29, 0.717) is 5.13 Å². The maximum Gasteiger partial charge on any atom is 0.236 e. The normalized spacial score (nSPS) is 11.0. The first kappa shape index (κ1) is 21.4. The molecule has 0 aliphatic rings. The first-order chi connectivity index (χ1) is 14.1. The highest BCUT2D eigenvalue weighted by Gasteiger charge is 2.14. The molecule has 0 aliphatic heterocycles. The number of carbonyl (C=O) groups is 1. The van der Waals surface area contributed by atoms with Gasteiger partial charge in [0.2, 0.25) is 11.0 Å². The zero-order chi connectivity index (χ0) is 20.6. The van der Waals surface area contributed by atoms with Gasteiger partial charge in [-0.1, -0.05) is 67.6 Å². The fourth-order valence-corrected chi connectivity index (χ4v) is 4.46. The predicted octanol–water partition coefficient (Wildman–Crippen LogP) is 4.45. The lowest BCUT2D eigenvalue weighted by Gasteiger charge is -2.05. The molecule has 3 rings (SSSR count). The second-order valence-electron chi connectivity index (χ2n) is 6.55. The molecule has 1 amide bonds. The SMILES string of the molecule is CCCCc1ccc(-c2nnc(NC(=O)CSc3nnc(CC)n3CC)s2)cc1. The van der Waals surface area contributed by atoms with E-state index in [1.54, 1.807) is 0 Å². The predicted molar refractivity (Wildman–Crippen MR) is 118 cm³/mol. The van der Waals surface area contributed by atoms with E-state index in [1.807, 2.05) is 18.4 Å². The van der Waals surface area contributed by atoms with Gasteiger partial charge in [0.1, 0.15) is 10.8 Å². The number of carbonyl (C=O) groups excluding carboxylic acids is 1. The molecule has 0 radical (unpaired) electrons. The van der Waals surface area contributed by atoms with E-state index in [2.05, 4.69) is 56.9 Å². The molecule has 0 atom stereocenters. The molecule has 0 saturated carbocycles. The van der Waals surface area contributed by atoms with Crippen LogP contribution in [0.15, 0.2) is 29.4 Å². The molecule has 2 aromatic heterocycles. The summed E-state index contributed by atoms with van der Waals surface area (Å²) in [4.78, 5) is 12.3. The van der Waals surface area contributed by atoms with Crippen molar-refractivity contribution in [3.05, 3.63) is 35.7 Å².